The molecule has 0 aromatic heterocycles. The molecule has 1 heterocycles. The van der Waals surface area contributed by atoms with Crippen molar-refractivity contribution >= 4 is 5.97 Å². The van der Waals surface area contributed by atoms with Crippen molar-refractivity contribution in [2.45, 2.75) is 31.2 Å². The summed E-state index contributed by atoms with van der Waals surface area (Å²) in [6.07, 6.45) is -1.22. The van der Waals surface area contributed by atoms with Crippen molar-refractivity contribution in [1.82, 2.24) is 0 Å². The minimum atomic E-state index is -0.877. The lowest BCUT2D eigenvalue weighted by molar-refractivity contribution is -0.146. The van der Waals surface area contributed by atoms with Gasteiger partial charge in [0.15, 0.2) is 0 Å². The maximum Gasteiger partial charge on any atom is 0.309 e. The summed E-state index contributed by atoms with van der Waals surface area (Å²) in [5, 5.41) is 18.4. The SMILES string of the molecule is O=C1OC2CC1CC(O)C2O. The Bertz CT molecular complexity index is 191. The molecule has 1 saturated carbocycles. The topological polar surface area (TPSA) is 66.8 Å². The van der Waals surface area contributed by atoms with E-state index >= 15 is 0 Å². The number of aliphatic hydroxyl groups is 2. The summed E-state index contributed by atoms with van der Waals surface area (Å²) in [7, 11) is 0. The maximum atomic E-state index is 10.9. The standard InChI is InChI=1S/C7H10O4/c8-4-1-3-2-5(6(4)9)11-7(3)10/h3-6,8-9H,1-2H2. The monoisotopic (exact) mass is 158 g/mol. The largest absolute Gasteiger partial charge is 0.459 e. The van der Waals surface area contributed by atoms with Crippen LogP contribution in [0.1, 0.15) is 12.8 Å². The first kappa shape index (κ1) is 7.06. The van der Waals surface area contributed by atoms with Gasteiger partial charge >= 0.3 is 5.97 Å². The van der Waals surface area contributed by atoms with Crippen molar-refractivity contribution in [3.8, 4) is 0 Å². The summed E-state index contributed by atoms with van der Waals surface area (Å²) in [5.74, 6) is -0.455. The van der Waals surface area contributed by atoms with Crippen molar-refractivity contribution in [3.63, 3.8) is 0 Å². The number of rotatable bonds is 0. The van der Waals surface area contributed by atoms with E-state index in [0.717, 1.165) is 0 Å². The van der Waals surface area contributed by atoms with E-state index in [9.17, 15) is 15.0 Å². The van der Waals surface area contributed by atoms with Crippen molar-refractivity contribution in [1.29, 1.82) is 0 Å². The minimum Gasteiger partial charge on any atom is -0.459 e. The number of carbonyl (C=O) groups excluding carboxylic acids is 1. The number of esters is 1. The van der Waals surface area contributed by atoms with Crippen LogP contribution in [0.15, 0.2) is 0 Å². The first-order valence-corrected chi connectivity index (χ1v) is 3.75. The van der Waals surface area contributed by atoms with Crippen LogP contribution in [0.5, 0.6) is 0 Å². The van der Waals surface area contributed by atoms with Gasteiger partial charge in [0, 0.05) is 6.42 Å². The summed E-state index contributed by atoms with van der Waals surface area (Å²) in [6.45, 7) is 0. The highest BCUT2D eigenvalue weighted by molar-refractivity contribution is 5.75. The summed E-state index contributed by atoms with van der Waals surface area (Å²) >= 11 is 0. The molecule has 0 aromatic rings. The third-order valence-corrected chi connectivity index (χ3v) is 2.42. The molecule has 11 heavy (non-hydrogen) atoms. The lowest BCUT2D eigenvalue weighted by Crippen LogP contribution is -2.40. The van der Waals surface area contributed by atoms with Gasteiger partial charge in [-0.15, -0.1) is 0 Å². The van der Waals surface area contributed by atoms with Crippen LogP contribution in [0.2, 0.25) is 0 Å². The van der Waals surface area contributed by atoms with Gasteiger partial charge < -0.3 is 14.9 Å². The van der Waals surface area contributed by atoms with E-state index in [1.807, 2.05) is 0 Å². The van der Waals surface area contributed by atoms with E-state index in [1.165, 1.54) is 0 Å². The van der Waals surface area contributed by atoms with Crippen LogP contribution >= 0.6 is 0 Å². The van der Waals surface area contributed by atoms with Crippen molar-refractivity contribution in [3.05, 3.63) is 0 Å². The predicted octanol–water partition coefficient (Wildman–Crippen LogP) is -0.956. The Morgan fingerprint density at radius 3 is 2.82 bits per heavy atom. The highest BCUT2D eigenvalue weighted by Gasteiger charge is 2.47. The van der Waals surface area contributed by atoms with Gasteiger partial charge in [0.2, 0.25) is 0 Å². The van der Waals surface area contributed by atoms with Gasteiger partial charge in [0.05, 0.1) is 12.0 Å². The van der Waals surface area contributed by atoms with Crippen LogP contribution in [0.4, 0.5) is 0 Å². The van der Waals surface area contributed by atoms with Crippen LogP contribution < -0.4 is 0 Å². The highest BCUT2D eigenvalue weighted by atomic mass is 16.6. The molecule has 0 spiro atoms. The van der Waals surface area contributed by atoms with Crippen molar-refractivity contribution in [2.75, 3.05) is 0 Å². The van der Waals surface area contributed by atoms with Crippen LogP contribution in [-0.2, 0) is 9.53 Å². The quantitative estimate of drug-likeness (QED) is 0.446. The normalized spacial score (nSPS) is 49.1. The molecule has 1 aliphatic heterocycles. The molecule has 2 fully saturated rings. The van der Waals surface area contributed by atoms with Crippen LogP contribution in [0.3, 0.4) is 0 Å². The third-order valence-electron chi connectivity index (χ3n) is 2.42. The third kappa shape index (κ3) is 0.937. The van der Waals surface area contributed by atoms with Gasteiger partial charge in [-0.3, -0.25) is 4.79 Å². The first-order valence-electron chi connectivity index (χ1n) is 3.75. The van der Waals surface area contributed by atoms with Crippen molar-refractivity contribution < 1.29 is 19.7 Å². The van der Waals surface area contributed by atoms with Gasteiger partial charge in [0.25, 0.3) is 0 Å². The van der Waals surface area contributed by atoms with E-state index in [0.29, 0.717) is 12.8 Å². The average molecular weight is 158 g/mol. The number of hydrogen-bond donors (Lipinski definition) is 2. The fourth-order valence-electron chi connectivity index (χ4n) is 1.75. The fraction of sp³-hybridized carbons (Fsp3) is 0.857. The summed E-state index contributed by atoms with van der Waals surface area (Å²) in [5.41, 5.74) is 0. The zero-order valence-corrected chi connectivity index (χ0v) is 5.93. The van der Waals surface area contributed by atoms with E-state index < -0.39 is 18.3 Å². The summed E-state index contributed by atoms with van der Waals surface area (Å²) in [6, 6.07) is 0. The molecular formula is C7H10O4. The second kappa shape index (κ2) is 2.19. The van der Waals surface area contributed by atoms with E-state index in [2.05, 4.69) is 0 Å². The second-order valence-electron chi connectivity index (χ2n) is 3.20. The average Bonchev–Trinajstić information content (AvgIpc) is 2.26. The number of aliphatic hydroxyl groups excluding tert-OH is 2. The van der Waals surface area contributed by atoms with E-state index in [4.69, 9.17) is 4.74 Å². The number of hydrogen-bond acceptors (Lipinski definition) is 4. The van der Waals surface area contributed by atoms with E-state index in [-0.39, 0.29) is 11.9 Å². The molecule has 2 bridgehead atoms. The molecule has 62 valence electrons. The molecule has 0 aromatic carbocycles. The molecule has 2 aliphatic rings. The Morgan fingerprint density at radius 1 is 1.36 bits per heavy atom. The number of fused-ring (bicyclic) bond motifs is 2. The Hall–Kier alpha value is -0.610. The molecule has 4 nitrogen and oxygen atoms in total. The zero-order chi connectivity index (χ0) is 8.01. The molecule has 0 radical (unpaired) electrons. The van der Waals surface area contributed by atoms with Gasteiger partial charge in [-0.1, -0.05) is 0 Å². The summed E-state index contributed by atoms with van der Waals surface area (Å²) in [4.78, 5) is 10.9. The van der Waals surface area contributed by atoms with Crippen LogP contribution in [0, 0.1) is 5.92 Å². The van der Waals surface area contributed by atoms with Gasteiger partial charge in [-0.25, -0.2) is 0 Å². The lowest BCUT2D eigenvalue weighted by atomic mass is 9.86. The van der Waals surface area contributed by atoms with Crippen molar-refractivity contribution in [2.24, 2.45) is 5.92 Å². The maximum absolute atomic E-state index is 10.9. The van der Waals surface area contributed by atoms with E-state index in [1.54, 1.807) is 0 Å². The zero-order valence-electron chi connectivity index (χ0n) is 5.93. The number of ether oxygens (including phenoxy) is 1. The molecule has 1 aliphatic carbocycles. The Balaban J connectivity index is 2.18. The second-order valence-corrected chi connectivity index (χ2v) is 3.20. The molecule has 1 saturated heterocycles. The smallest absolute Gasteiger partial charge is 0.309 e. The van der Waals surface area contributed by atoms with Crippen LogP contribution in [-0.4, -0.2) is 34.5 Å². The molecule has 4 heteroatoms. The highest BCUT2D eigenvalue weighted by Crippen LogP contribution is 2.34. The number of carbonyl (C=O) groups is 1. The van der Waals surface area contributed by atoms with Crippen LogP contribution in [0.25, 0.3) is 0 Å². The first-order chi connectivity index (χ1) is 5.18. The minimum absolute atomic E-state index is 0.182. The Morgan fingerprint density at radius 2 is 2.09 bits per heavy atom. The molecule has 0 amide bonds. The molecule has 2 N–H and O–H groups in total. The Labute approximate surface area is 63.8 Å². The lowest BCUT2D eigenvalue weighted by Gasteiger charge is -2.25. The molecule has 2 rings (SSSR count). The molecule has 4 unspecified atom stereocenters. The molecule has 4 atom stereocenters. The summed E-state index contributed by atoms with van der Waals surface area (Å²) < 4.78 is 4.82. The van der Waals surface area contributed by atoms with Gasteiger partial charge in [-0.05, 0) is 6.42 Å². The van der Waals surface area contributed by atoms with Gasteiger partial charge in [-0.2, -0.15) is 0 Å². The molecular weight excluding hydrogens is 148 g/mol. The predicted molar refractivity (Wildman–Crippen MR) is 34.6 cm³/mol. The fourth-order valence-corrected chi connectivity index (χ4v) is 1.75. The van der Waals surface area contributed by atoms with Gasteiger partial charge in [0.1, 0.15) is 12.2 Å². The Kier molecular flexibility index (Phi) is 1.40.